The number of nitrogens with one attached hydrogen (secondary N) is 1. The molecule has 1 N–H and O–H groups in total. The van der Waals surface area contributed by atoms with E-state index < -0.39 is 0 Å². The molecule has 0 aliphatic heterocycles. The van der Waals surface area contributed by atoms with Gasteiger partial charge < -0.3 is 9.51 Å². The van der Waals surface area contributed by atoms with Crippen molar-refractivity contribution in [3.8, 4) is 11.4 Å². The molecule has 0 unspecified atom stereocenters. The van der Waals surface area contributed by atoms with Crippen LogP contribution in [0.5, 0.6) is 0 Å². The highest BCUT2D eigenvalue weighted by Gasteiger charge is 2.16. The normalized spacial score (nSPS) is 11.6. The second-order valence-electron chi connectivity index (χ2n) is 7.45. The SMILES string of the molecule is CSc1ccc(-c2noc(CSc3nc4cc(C)[nH]c4c(=O)n3CC(C)C)n2)cc1. The molecule has 7 nitrogen and oxygen atoms in total. The Morgan fingerprint density at radius 1 is 1.20 bits per heavy atom. The van der Waals surface area contributed by atoms with Crippen LogP contribution in [0.1, 0.15) is 25.4 Å². The molecule has 0 aliphatic carbocycles. The zero-order chi connectivity index (χ0) is 21.3. The summed E-state index contributed by atoms with van der Waals surface area (Å²) < 4.78 is 7.16. The van der Waals surface area contributed by atoms with Crippen molar-refractivity contribution in [2.45, 2.75) is 43.1 Å². The molecule has 1 aromatic carbocycles. The number of nitrogens with zero attached hydrogens (tertiary/aromatic N) is 4. The van der Waals surface area contributed by atoms with Gasteiger partial charge in [-0.2, -0.15) is 4.98 Å². The van der Waals surface area contributed by atoms with Crippen LogP contribution >= 0.6 is 23.5 Å². The third-order valence-corrected chi connectivity index (χ3v) is 6.23. The van der Waals surface area contributed by atoms with Gasteiger partial charge in [0.1, 0.15) is 5.52 Å². The van der Waals surface area contributed by atoms with Crippen LogP contribution in [0.15, 0.2) is 49.7 Å². The zero-order valence-corrected chi connectivity index (χ0v) is 18.9. The van der Waals surface area contributed by atoms with E-state index in [1.165, 1.54) is 16.7 Å². The van der Waals surface area contributed by atoms with E-state index in [-0.39, 0.29) is 5.56 Å². The predicted octanol–water partition coefficient (Wildman–Crippen LogP) is 4.75. The van der Waals surface area contributed by atoms with E-state index in [1.54, 1.807) is 16.3 Å². The molecule has 3 heterocycles. The summed E-state index contributed by atoms with van der Waals surface area (Å²) in [5.41, 5.74) is 3.00. The molecule has 30 heavy (non-hydrogen) atoms. The largest absolute Gasteiger partial charge is 0.353 e. The molecular weight excluding hydrogens is 418 g/mol. The van der Waals surface area contributed by atoms with Crippen molar-refractivity contribution < 1.29 is 4.52 Å². The van der Waals surface area contributed by atoms with E-state index in [1.807, 2.05) is 43.5 Å². The van der Waals surface area contributed by atoms with Crippen molar-refractivity contribution in [3.63, 3.8) is 0 Å². The van der Waals surface area contributed by atoms with Crippen LogP contribution < -0.4 is 5.56 Å². The minimum absolute atomic E-state index is 0.0515. The second-order valence-corrected chi connectivity index (χ2v) is 9.27. The summed E-state index contributed by atoms with van der Waals surface area (Å²) >= 11 is 3.12. The third kappa shape index (κ3) is 4.32. The summed E-state index contributed by atoms with van der Waals surface area (Å²) in [6.07, 6.45) is 2.04. The highest BCUT2D eigenvalue weighted by atomic mass is 32.2. The number of aromatic amines is 1. The Labute approximate surface area is 182 Å². The van der Waals surface area contributed by atoms with Gasteiger partial charge in [-0.1, -0.05) is 30.8 Å². The Balaban J connectivity index is 1.58. The van der Waals surface area contributed by atoms with Gasteiger partial charge in [0.15, 0.2) is 5.16 Å². The summed E-state index contributed by atoms with van der Waals surface area (Å²) in [6.45, 7) is 6.68. The molecule has 0 bridgehead atoms. The van der Waals surface area contributed by atoms with Crippen LogP contribution in [-0.4, -0.2) is 30.9 Å². The van der Waals surface area contributed by atoms with E-state index in [0.29, 0.717) is 46.1 Å². The van der Waals surface area contributed by atoms with Crippen molar-refractivity contribution in [1.29, 1.82) is 0 Å². The summed E-state index contributed by atoms with van der Waals surface area (Å²) in [7, 11) is 0. The van der Waals surface area contributed by atoms with E-state index in [2.05, 4.69) is 29.0 Å². The van der Waals surface area contributed by atoms with Gasteiger partial charge in [0.25, 0.3) is 5.56 Å². The smallest absolute Gasteiger partial charge is 0.278 e. The second kappa shape index (κ2) is 8.69. The van der Waals surface area contributed by atoms with Crippen molar-refractivity contribution in [1.82, 2.24) is 24.7 Å². The molecule has 0 saturated heterocycles. The Bertz CT molecular complexity index is 1220. The molecular formula is C21H23N5O2S2. The number of thioether (sulfide) groups is 2. The fourth-order valence-electron chi connectivity index (χ4n) is 3.14. The van der Waals surface area contributed by atoms with Crippen LogP contribution in [-0.2, 0) is 12.3 Å². The lowest BCUT2D eigenvalue weighted by Gasteiger charge is -2.13. The van der Waals surface area contributed by atoms with Crippen molar-refractivity contribution >= 4 is 34.6 Å². The molecule has 4 aromatic rings. The monoisotopic (exact) mass is 441 g/mol. The fraction of sp³-hybridized carbons (Fsp3) is 0.333. The number of H-pyrrole nitrogens is 1. The van der Waals surface area contributed by atoms with Gasteiger partial charge in [0.05, 0.1) is 11.3 Å². The number of fused-ring (bicyclic) bond motifs is 1. The number of rotatable bonds is 7. The third-order valence-electron chi connectivity index (χ3n) is 4.53. The standard InChI is InChI=1S/C21H23N5O2S2/c1-12(2)10-26-20(27)18-16(9-13(3)22-18)23-21(26)30-11-17-24-19(25-28-17)14-5-7-15(29-4)8-6-14/h5-9,12,22H,10-11H2,1-4H3. The lowest BCUT2D eigenvalue weighted by molar-refractivity contribution is 0.391. The number of hydrogen-bond donors (Lipinski definition) is 1. The van der Waals surface area contributed by atoms with Gasteiger partial charge in [-0.25, -0.2) is 4.98 Å². The molecule has 156 valence electrons. The highest BCUT2D eigenvalue weighted by molar-refractivity contribution is 7.98. The fourth-order valence-corrected chi connectivity index (χ4v) is 4.40. The van der Waals surface area contributed by atoms with Gasteiger partial charge in [-0.05, 0) is 49.4 Å². The first kappa shape index (κ1) is 20.7. The maximum absolute atomic E-state index is 13.0. The lowest BCUT2D eigenvalue weighted by Crippen LogP contribution is -2.25. The number of aryl methyl sites for hydroxylation is 1. The summed E-state index contributed by atoms with van der Waals surface area (Å²) in [5.74, 6) is 1.81. The Hall–Kier alpha value is -2.52. The summed E-state index contributed by atoms with van der Waals surface area (Å²) in [6, 6.07) is 9.93. The Kier molecular flexibility index (Phi) is 6.01. The van der Waals surface area contributed by atoms with Crippen LogP contribution in [0.3, 0.4) is 0 Å². The Morgan fingerprint density at radius 3 is 2.67 bits per heavy atom. The maximum Gasteiger partial charge on any atom is 0.278 e. The van der Waals surface area contributed by atoms with Crippen LogP contribution in [0.25, 0.3) is 22.4 Å². The average molecular weight is 442 g/mol. The predicted molar refractivity (Wildman–Crippen MR) is 121 cm³/mol. The van der Waals surface area contributed by atoms with E-state index in [4.69, 9.17) is 9.51 Å². The maximum atomic E-state index is 13.0. The topological polar surface area (TPSA) is 89.6 Å². The molecule has 3 aromatic heterocycles. The molecule has 9 heteroatoms. The first-order valence-electron chi connectivity index (χ1n) is 9.64. The van der Waals surface area contributed by atoms with Crippen molar-refractivity contribution in [2.75, 3.05) is 6.26 Å². The van der Waals surface area contributed by atoms with Gasteiger partial charge >= 0.3 is 0 Å². The van der Waals surface area contributed by atoms with E-state index >= 15 is 0 Å². The van der Waals surface area contributed by atoms with Crippen LogP contribution in [0.4, 0.5) is 0 Å². The van der Waals surface area contributed by atoms with Gasteiger partial charge in [0.2, 0.25) is 11.7 Å². The highest BCUT2D eigenvalue weighted by Crippen LogP contribution is 2.25. The van der Waals surface area contributed by atoms with Crippen molar-refractivity contribution in [2.24, 2.45) is 5.92 Å². The minimum Gasteiger partial charge on any atom is -0.353 e. The van der Waals surface area contributed by atoms with Crippen LogP contribution in [0.2, 0.25) is 0 Å². The first-order chi connectivity index (χ1) is 14.4. The lowest BCUT2D eigenvalue weighted by atomic mass is 10.2. The van der Waals surface area contributed by atoms with E-state index in [9.17, 15) is 4.79 Å². The van der Waals surface area contributed by atoms with Gasteiger partial charge in [-0.3, -0.25) is 9.36 Å². The number of hydrogen-bond acceptors (Lipinski definition) is 7. The molecule has 0 radical (unpaired) electrons. The van der Waals surface area contributed by atoms with Crippen LogP contribution in [0, 0.1) is 12.8 Å². The molecule has 0 atom stereocenters. The number of aromatic nitrogens is 5. The molecule has 0 aliphatic rings. The zero-order valence-electron chi connectivity index (χ0n) is 17.3. The van der Waals surface area contributed by atoms with Crippen molar-refractivity contribution in [3.05, 3.63) is 52.3 Å². The Morgan fingerprint density at radius 2 is 1.97 bits per heavy atom. The summed E-state index contributed by atoms with van der Waals surface area (Å²) in [5, 5.41) is 4.75. The quantitative estimate of drug-likeness (QED) is 0.327. The van der Waals surface area contributed by atoms with Gasteiger partial charge in [0, 0.05) is 22.7 Å². The first-order valence-corrected chi connectivity index (χ1v) is 11.9. The summed E-state index contributed by atoms with van der Waals surface area (Å²) in [4.78, 5) is 26.5. The minimum atomic E-state index is -0.0515. The van der Waals surface area contributed by atoms with Gasteiger partial charge in [-0.15, -0.1) is 11.8 Å². The molecule has 0 amide bonds. The molecule has 0 spiro atoms. The molecule has 0 saturated carbocycles. The average Bonchev–Trinajstić information content (AvgIpc) is 3.35. The number of benzene rings is 1. The molecule has 0 fully saturated rings. The molecule has 4 rings (SSSR count). The van der Waals surface area contributed by atoms with E-state index in [0.717, 1.165) is 11.3 Å².